The van der Waals surface area contributed by atoms with Crippen molar-refractivity contribution in [2.24, 2.45) is 5.92 Å². The van der Waals surface area contributed by atoms with Gasteiger partial charge in [-0.05, 0) is 12.3 Å². The normalized spacial score (nSPS) is 10.4. The van der Waals surface area contributed by atoms with Crippen LogP contribution in [0.4, 0.5) is 5.69 Å². The van der Waals surface area contributed by atoms with E-state index in [9.17, 15) is 0 Å². The molecule has 0 aliphatic carbocycles. The van der Waals surface area contributed by atoms with Crippen molar-refractivity contribution in [3.8, 4) is 5.88 Å². The third kappa shape index (κ3) is 3.27. The molecule has 0 aliphatic rings. The van der Waals surface area contributed by atoms with Crippen LogP contribution in [0.25, 0.3) is 0 Å². The Morgan fingerprint density at radius 1 is 1.54 bits per heavy atom. The smallest absolute Gasteiger partial charge is 0.240 e. The van der Waals surface area contributed by atoms with E-state index < -0.39 is 0 Å². The number of nitrogen functional groups attached to an aromatic ring is 1. The molecule has 4 heteroatoms. The highest BCUT2D eigenvalue weighted by Gasteiger charge is 2.01. The van der Waals surface area contributed by atoms with Crippen molar-refractivity contribution in [2.75, 3.05) is 12.3 Å². The van der Waals surface area contributed by atoms with Gasteiger partial charge in [0.25, 0.3) is 0 Å². The summed E-state index contributed by atoms with van der Waals surface area (Å²) in [4.78, 5) is 7.69. The molecule has 1 rings (SSSR count). The number of aromatic nitrogens is 2. The van der Waals surface area contributed by atoms with Crippen LogP contribution in [0.5, 0.6) is 5.88 Å². The van der Waals surface area contributed by atoms with E-state index in [-0.39, 0.29) is 0 Å². The molecule has 1 heterocycles. The Balaban J connectivity index is 2.41. The highest BCUT2D eigenvalue weighted by Crippen LogP contribution is 2.15. The van der Waals surface area contributed by atoms with E-state index in [1.165, 1.54) is 12.5 Å². The van der Waals surface area contributed by atoms with E-state index in [0.717, 1.165) is 6.42 Å². The first kappa shape index (κ1) is 9.77. The molecule has 1 aromatic rings. The first-order valence-corrected chi connectivity index (χ1v) is 4.38. The summed E-state index contributed by atoms with van der Waals surface area (Å²) in [6, 6.07) is 0. The predicted molar refractivity (Wildman–Crippen MR) is 51.4 cm³/mol. The lowest BCUT2D eigenvalue weighted by molar-refractivity contribution is 0.280. The van der Waals surface area contributed by atoms with Crippen LogP contribution in [0.2, 0.25) is 0 Å². The van der Waals surface area contributed by atoms with Crippen molar-refractivity contribution >= 4 is 5.69 Å². The van der Waals surface area contributed by atoms with Gasteiger partial charge in [-0.1, -0.05) is 13.8 Å². The fourth-order valence-electron chi connectivity index (χ4n) is 0.841. The van der Waals surface area contributed by atoms with E-state index in [1.54, 1.807) is 0 Å². The van der Waals surface area contributed by atoms with E-state index in [2.05, 4.69) is 23.8 Å². The van der Waals surface area contributed by atoms with Crippen LogP contribution in [0.1, 0.15) is 20.3 Å². The highest BCUT2D eigenvalue weighted by atomic mass is 16.5. The molecule has 1 aromatic heterocycles. The van der Waals surface area contributed by atoms with E-state index in [0.29, 0.717) is 24.1 Å². The Hall–Kier alpha value is -1.32. The molecule has 0 radical (unpaired) electrons. The summed E-state index contributed by atoms with van der Waals surface area (Å²) in [5.41, 5.74) is 6.08. The first-order valence-electron chi connectivity index (χ1n) is 4.38. The second kappa shape index (κ2) is 4.64. The summed E-state index contributed by atoms with van der Waals surface area (Å²) in [6.07, 6.45) is 3.97. The number of hydrogen-bond acceptors (Lipinski definition) is 4. The molecule has 0 atom stereocenters. The van der Waals surface area contributed by atoms with Crippen molar-refractivity contribution in [1.82, 2.24) is 9.97 Å². The fourth-order valence-corrected chi connectivity index (χ4v) is 0.841. The maximum atomic E-state index is 5.59. The predicted octanol–water partition coefficient (Wildman–Crippen LogP) is 1.48. The van der Waals surface area contributed by atoms with Gasteiger partial charge in [-0.2, -0.15) is 0 Å². The molecule has 0 saturated heterocycles. The summed E-state index contributed by atoms with van der Waals surface area (Å²) in [5.74, 6) is 1.11. The standard InChI is InChI=1S/C9H15N3O/c1-7(2)3-4-13-9-8(10)5-11-6-12-9/h5-7H,3-4,10H2,1-2H3. The van der Waals surface area contributed by atoms with Crippen molar-refractivity contribution in [1.29, 1.82) is 0 Å². The molecule has 0 aromatic carbocycles. The summed E-state index contributed by atoms with van der Waals surface area (Å²) in [7, 11) is 0. The van der Waals surface area contributed by atoms with Crippen LogP contribution in [0.3, 0.4) is 0 Å². The monoisotopic (exact) mass is 181 g/mol. The van der Waals surface area contributed by atoms with Gasteiger partial charge in [-0.3, -0.25) is 0 Å². The molecule has 0 unspecified atom stereocenters. The van der Waals surface area contributed by atoms with Crippen LogP contribution in [-0.4, -0.2) is 16.6 Å². The van der Waals surface area contributed by atoms with Gasteiger partial charge in [0.15, 0.2) is 0 Å². The van der Waals surface area contributed by atoms with E-state index >= 15 is 0 Å². The zero-order valence-corrected chi connectivity index (χ0v) is 8.03. The molecule has 0 fully saturated rings. The molecule has 0 aliphatic heterocycles. The van der Waals surface area contributed by atoms with E-state index in [1.807, 2.05) is 0 Å². The largest absolute Gasteiger partial charge is 0.476 e. The molecule has 4 nitrogen and oxygen atoms in total. The minimum atomic E-state index is 0.482. The third-order valence-electron chi connectivity index (χ3n) is 1.64. The van der Waals surface area contributed by atoms with Gasteiger partial charge in [-0.25, -0.2) is 9.97 Å². The van der Waals surface area contributed by atoms with Crippen molar-refractivity contribution in [3.05, 3.63) is 12.5 Å². The van der Waals surface area contributed by atoms with Gasteiger partial charge in [0.05, 0.1) is 12.8 Å². The maximum absolute atomic E-state index is 5.59. The van der Waals surface area contributed by atoms with Crippen LogP contribution < -0.4 is 10.5 Å². The highest BCUT2D eigenvalue weighted by molar-refractivity contribution is 5.44. The number of rotatable bonds is 4. The lowest BCUT2D eigenvalue weighted by atomic mass is 10.1. The Bertz CT molecular complexity index is 263. The second-order valence-electron chi connectivity index (χ2n) is 3.31. The van der Waals surface area contributed by atoms with Gasteiger partial charge in [-0.15, -0.1) is 0 Å². The zero-order chi connectivity index (χ0) is 9.68. The van der Waals surface area contributed by atoms with Crippen molar-refractivity contribution in [3.63, 3.8) is 0 Å². The Morgan fingerprint density at radius 3 is 2.92 bits per heavy atom. The topological polar surface area (TPSA) is 61.0 Å². The molecule has 0 bridgehead atoms. The number of ether oxygens (including phenoxy) is 1. The minimum absolute atomic E-state index is 0.482. The molecule has 0 amide bonds. The quantitative estimate of drug-likeness (QED) is 0.764. The number of hydrogen-bond donors (Lipinski definition) is 1. The Morgan fingerprint density at radius 2 is 2.31 bits per heavy atom. The summed E-state index contributed by atoms with van der Waals surface area (Å²) < 4.78 is 5.37. The minimum Gasteiger partial charge on any atom is -0.476 e. The van der Waals surface area contributed by atoms with Crippen molar-refractivity contribution < 1.29 is 4.74 Å². The zero-order valence-electron chi connectivity index (χ0n) is 8.03. The summed E-state index contributed by atoms with van der Waals surface area (Å²) in [5, 5.41) is 0. The Labute approximate surface area is 78.1 Å². The van der Waals surface area contributed by atoms with Gasteiger partial charge in [0.1, 0.15) is 12.0 Å². The lowest BCUT2D eigenvalue weighted by Gasteiger charge is -2.07. The molecule has 0 saturated carbocycles. The van der Waals surface area contributed by atoms with Crippen LogP contribution >= 0.6 is 0 Å². The van der Waals surface area contributed by atoms with E-state index in [4.69, 9.17) is 10.5 Å². The van der Waals surface area contributed by atoms with Crippen LogP contribution in [0.15, 0.2) is 12.5 Å². The number of nitrogens with zero attached hydrogens (tertiary/aromatic N) is 2. The molecule has 72 valence electrons. The molecular formula is C9H15N3O. The number of nitrogens with two attached hydrogens (primary N) is 1. The van der Waals surface area contributed by atoms with Gasteiger partial charge < -0.3 is 10.5 Å². The summed E-state index contributed by atoms with van der Waals surface area (Å²) >= 11 is 0. The molecule has 0 spiro atoms. The third-order valence-corrected chi connectivity index (χ3v) is 1.64. The van der Waals surface area contributed by atoms with Gasteiger partial charge >= 0.3 is 0 Å². The number of anilines is 1. The van der Waals surface area contributed by atoms with Gasteiger partial charge in [0, 0.05) is 0 Å². The molecule has 13 heavy (non-hydrogen) atoms. The summed E-state index contributed by atoms with van der Waals surface area (Å²) in [6.45, 7) is 4.94. The Kier molecular flexibility index (Phi) is 3.49. The first-order chi connectivity index (χ1) is 6.20. The van der Waals surface area contributed by atoms with Crippen molar-refractivity contribution in [2.45, 2.75) is 20.3 Å². The SMILES string of the molecule is CC(C)CCOc1ncncc1N. The van der Waals surface area contributed by atoms with Gasteiger partial charge in [0.2, 0.25) is 5.88 Å². The fraction of sp³-hybridized carbons (Fsp3) is 0.556. The molecule has 2 N–H and O–H groups in total. The average molecular weight is 181 g/mol. The van der Waals surface area contributed by atoms with Crippen LogP contribution in [0, 0.1) is 5.92 Å². The second-order valence-corrected chi connectivity index (χ2v) is 3.31. The average Bonchev–Trinajstić information content (AvgIpc) is 2.08. The maximum Gasteiger partial charge on any atom is 0.240 e. The lowest BCUT2D eigenvalue weighted by Crippen LogP contribution is -2.05. The molecular weight excluding hydrogens is 166 g/mol. The van der Waals surface area contributed by atoms with Crippen LogP contribution in [-0.2, 0) is 0 Å².